The van der Waals surface area contributed by atoms with Gasteiger partial charge in [0.1, 0.15) is 6.61 Å². The summed E-state index contributed by atoms with van der Waals surface area (Å²) in [6, 6.07) is 0. The van der Waals surface area contributed by atoms with Crippen LogP contribution in [-0.4, -0.2) is 12.6 Å². The van der Waals surface area contributed by atoms with Gasteiger partial charge in [-0.05, 0) is 12.2 Å². The Morgan fingerprint density at radius 1 is 1.62 bits per heavy atom. The first kappa shape index (κ1) is 11.1. The lowest BCUT2D eigenvalue weighted by atomic mass is 10.4. The van der Waals surface area contributed by atoms with E-state index in [1.807, 2.05) is 0 Å². The fourth-order valence-electron chi connectivity index (χ4n) is 0.511. The first-order chi connectivity index (χ1) is 6.31. The predicted molar refractivity (Wildman–Crippen MR) is 51.5 cm³/mol. The quantitative estimate of drug-likeness (QED) is 0.279. The Balaban J connectivity index is 3.55. The van der Waals surface area contributed by atoms with Crippen molar-refractivity contribution in [3.63, 3.8) is 0 Å². The van der Waals surface area contributed by atoms with Gasteiger partial charge in [-0.25, -0.2) is 4.79 Å². The van der Waals surface area contributed by atoms with Gasteiger partial charge in [-0.1, -0.05) is 24.3 Å². The highest BCUT2D eigenvalue weighted by Gasteiger charge is 1.92. The zero-order valence-corrected chi connectivity index (χ0v) is 7.25. The van der Waals surface area contributed by atoms with Gasteiger partial charge in [0.2, 0.25) is 0 Å². The van der Waals surface area contributed by atoms with Crippen molar-refractivity contribution < 1.29 is 9.53 Å². The molecular formula is C11H10O2. The van der Waals surface area contributed by atoms with Crippen molar-refractivity contribution in [2.24, 2.45) is 0 Å². The zero-order chi connectivity index (χ0) is 9.94. The molecular weight excluding hydrogens is 164 g/mol. The minimum absolute atomic E-state index is 0.272. The van der Waals surface area contributed by atoms with Crippen molar-refractivity contribution in [1.29, 1.82) is 0 Å². The number of rotatable bonds is 3. The average molecular weight is 174 g/mol. The molecule has 0 saturated heterocycles. The number of esters is 1. The summed E-state index contributed by atoms with van der Waals surface area (Å²) in [6.07, 6.45) is 9.37. The maximum Gasteiger partial charge on any atom is 0.331 e. The molecule has 0 N–H and O–H groups in total. The van der Waals surface area contributed by atoms with Gasteiger partial charge in [0.15, 0.2) is 0 Å². The summed E-state index contributed by atoms with van der Waals surface area (Å²) in [5.74, 6) is 7.11. The van der Waals surface area contributed by atoms with E-state index in [0.29, 0.717) is 6.42 Å². The van der Waals surface area contributed by atoms with Crippen LogP contribution >= 0.6 is 0 Å². The number of hydrogen-bond acceptors (Lipinski definition) is 2. The van der Waals surface area contributed by atoms with E-state index in [9.17, 15) is 4.79 Å². The SMILES string of the molecule is C#C/C=C\C(=O)OCCC#CC=C. The molecule has 13 heavy (non-hydrogen) atoms. The van der Waals surface area contributed by atoms with Gasteiger partial charge < -0.3 is 4.74 Å². The van der Waals surface area contributed by atoms with Crippen LogP contribution in [0.4, 0.5) is 0 Å². The highest BCUT2D eigenvalue weighted by molar-refractivity contribution is 5.82. The van der Waals surface area contributed by atoms with E-state index in [-0.39, 0.29) is 6.61 Å². The van der Waals surface area contributed by atoms with Crippen molar-refractivity contribution >= 4 is 5.97 Å². The molecule has 0 saturated carbocycles. The number of carbonyl (C=O) groups excluding carboxylic acids is 1. The van der Waals surface area contributed by atoms with Crippen molar-refractivity contribution in [2.45, 2.75) is 6.42 Å². The van der Waals surface area contributed by atoms with Gasteiger partial charge in [0.25, 0.3) is 0 Å². The Kier molecular flexibility index (Phi) is 6.96. The van der Waals surface area contributed by atoms with Gasteiger partial charge in [0.05, 0.1) is 0 Å². The Morgan fingerprint density at radius 3 is 3.00 bits per heavy atom. The topological polar surface area (TPSA) is 26.3 Å². The van der Waals surface area contributed by atoms with Gasteiger partial charge in [-0.2, -0.15) is 0 Å². The Bertz CT molecular complexity index is 294. The summed E-state index contributed by atoms with van der Waals surface area (Å²) < 4.78 is 4.73. The van der Waals surface area contributed by atoms with Crippen LogP contribution in [0.25, 0.3) is 0 Å². The first-order valence-electron chi connectivity index (χ1n) is 3.70. The molecule has 0 unspecified atom stereocenters. The second-order valence-corrected chi connectivity index (χ2v) is 1.94. The number of carbonyl (C=O) groups is 1. The summed E-state index contributed by atoms with van der Waals surface area (Å²) in [7, 11) is 0. The molecule has 0 aliphatic heterocycles. The molecule has 0 amide bonds. The van der Waals surface area contributed by atoms with Crippen molar-refractivity contribution in [3.05, 3.63) is 24.8 Å². The normalized spacial score (nSPS) is 8.23. The Hall–Kier alpha value is -1.93. The fourth-order valence-corrected chi connectivity index (χ4v) is 0.511. The molecule has 2 heteroatoms. The zero-order valence-electron chi connectivity index (χ0n) is 7.25. The maximum absolute atomic E-state index is 10.8. The van der Waals surface area contributed by atoms with Gasteiger partial charge in [-0.3, -0.25) is 0 Å². The lowest BCUT2D eigenvalue weighted by molar-refractivity contribution is -0.137. The fraction of sp³-hybridized carbons (Fsp3) is 0.182. The van der Waals surface area contributed by atoms with Gasteiger partial charge in [-0.15, -0.1) is 6.42 Å². The van der Waals surface area contributed by atoms with E-state index in [2.05, 4.69) is 24.3 Å². The van der Waals surface area contributed by atoms with Gasteiger partial charge in [0, 0.05) is 12.5 Å². The largest absolute Gasteiger partial charge is 0.461 e. The van der Waals surface area contributed by atoms with Crippen molar-refractivity contribution in [3.8, 4) is 24.2 Å². The molecule has 2 nitrogen and oxygen atoms in total. The summed E-state index contributed by atoms with van der Waals surface area (Å²) in [5, 5.41) is 0. The smallest absolute Gasteiger partial charge is 0.331 e. The molecule has 0 aromatic heterocycles. The van der Waals surface area contributed by atoms with Crippen molar-refractivity contribution in [1.82, 2.24) is 0 Å². The molecule has 0 aliphatic carbocycles. The third kappa shape index (κ3) is 7.97. The Labute approximate surface area is 78.3 Å². The van der Waals surface area contributed by atoms with E-state index in [0.717, 1.165) is 0 Å². The van der Waals surface area contributed by atoms with Crippen LogP contribution in [0.5, 0.6) is 0 Å². The van der Waals surface area contributed by atoms with E-state index in [1.165, 1.54) is 18.2 Å². The van der Waals surface area contributed by atoms with Crippen LogP contribution in [-0.2, 0) is 9.53 Å². The van der Waals surface area contributed by atoms with Crippen molar-refractivity contribution in [2.75, 3.05) is 6.61 Å². The van der Waals surface area contributed by atoms with Crippen LogP contribution in [0, 0.1) is 24.2 Å². The van der Waals surface area contributed by atoms with Gasteiger partial charge >= 0.3 is 5.97 Å². The highest BCUT2D eigenvalue weighted by atomic mass is 16.5. The minimum Gasteiger partial charge on any atom is -0.461 e. The molecule has 0 heterocycles. The van der Waals surface area contributed by atoms with Crippen LogP contribution in [0.3, 0.4) is 0 Å². The summed E-state index contributed by atoms with van der Waals surface area (Å²) in [4.78, 5) is 10.8. The third-order valence-corrected chi connectivity index (χ3v) is 0.991. The number of hydrogen-bond donors (Lipinski definition) is 0. The second-order valence-electron chi connectivity index (χ2n) is 1.94. The standard InChI is InChI=1S/C11H10O2/c1-3-5-7-8-10-13-11(12)9-6-4-2/h2-3,6,9H,1,8,10H2/b9-6-. The average Bonchev–Trinajstić information content (AvgIpc) is 2.14. The molecule has 0 fully saturated rings. The molecule has 0 rings (SSSR count). The summed E-state index contributed by atoms with van der Waals surface area (Å²) in [5.41, 5.74) is 0. The Morgan fingerprint density at radius 2 is 2.38 bits per heavy atom. The summed E-state index contributed by atoms with van der Waals surface area (Å²) in [6.45, 7) is 3.69. The maximum atomic E-state index is 10.8. The second kappa shape index (κ2) is 8.17. The molecule has 0 bridgehead atoms. The molecule has 0 aliphatic rings. The van der Waals surface area contributed by atoms with Crippen LogP contribution in [0.15, 0.2) is 24.8 Å². The first-order valence-corrected chi connectivity index (χ1v) is 3.70. The number of terminal acetylenes is 1. The lowest BCUT2D eigenvalue weighted by Gasteiger charge is -1.95. The number of ether oxygens (including phenoxy) is 1. The summed E-state index contributed by atoms with van der Waals surface area (Å²) >= 11 is 0. The monoisotopic (exact) mass is 174 g/mol. The van der Waals surface area contributed by atoms with E-state index >= 15 is 0 Å². The molecule has 0 atom stereocenters. The molecule has 0 radical (unpaired) electrons. The molecule has 0 aromatic carbocycles. The van der Waals surface area contributed by atoms with Crippen LogP contribution < -0.4 is 0 Å². The van der Waals surface area contributed by atoms with Crippen LogP contribution in [0.2, 0.25) is 0 Å². The lowest BCUT2D eigenvalue weighted by Crippen LogP contribution is -2.01. The van der Waals surface area contributed by atoms with E-state index < -0.39 is 5.97 Å². The number of allylic oxidation sites excluding steroid dienone is 2. The van der Waals surface area contributed by atoms with E-state index in [4.69, 9.17) is 11.2 Å². The predicted octanol–water partition coefficient (Wildman–Crippen LogP) is 1.30. The van der Waals surface area contributed by atoms with Crippen LogP contribution in [0.1, 0.15) is 6.42 Å². The highest BCUT2D eigenvalue weighted by Crippen LogP contribution is 1.84. The molecule has 0 spiro atoms. The van der Waals surface area contributed by atoms with E-state index in [1.54, 1.807) is 0 Å². The molecule has 66 valence electrons. The third-order valence-electron chi connectivity index (χ3n) is 0.991. The minimum atomic E-state index is -0.446. The molecule has 0 aromatic rings.